The van der Waals surface area contributed by atoms with Crippen molar-refractivity contribution in [2.75, 3.05) is 18.2 Å². The highest BCUT2D eigenvalue weighted by molar-refractivity contribution is 7.12. The van der Waals surface area contributed by atoms with Crippen LogP contribution in [0, 0.1) is 0 Å². The number of esters is 1. The predicted molar refractivity (Wildman–Crippen MR) is 81.5 cm³/mol. The van der Waals surface area contributed by atoms with E-state index in [1.165, 1.54) is 53.2 Å². The van der Waals surface area contributed by atoms with Crippen LogP contribution in [-0.2, 0) is 24.1 Å². The average molecular weight is 309 g/mol. The van der Waals surface area contributed by atoms with Crippen LogP contribution in [0.3, 0.4) is 0 Å². The molecule has 7 heteroatoms. The highest BCUT2D eigenvalue weighted by Gasteiger charge is 2.20. The molecule has 0 saturated carbocycles. The molecule has 1 aliphatic rings. The molecule has 0 aromatic carbocycles. The van der Waals surface area contributed by atoms with E-state index in [9.17, 15) is 4.79 Å². The predicted octanol–water partition coefficient (Wildman–Crippen LogP) is 2.67. The van der Waals surface area contributed by atoms with Gasteiger partial charge in [0.2, 0.25) is 0 Å². The van der Waals surface area contributed by atoms with Crippen molar-refractivity contribution >= 4 is 39.7 Å². The topological polar surface area (TPSA) is 77.2 Å². The number of nitrogens with zero attached hydrogens (tertiary/aromatic N) is 1. The Hall–Kier alpha value is -1.60. The Kier molecular flexibility index (Phi) is 3.62. The zero-order valence-corrected chi connectivity index (χ0v) is 12.7. The Morgan fingerprint density at radius 3 is 3.15 bits per heavy atom. The van der Waals surface area contributed by atoms with Gasteiger partial charge in [0.05, 0.1) is 13.7 Å². The minimum atomic E-state index is -0.451. The third-order valence-corrected chi connectivity index (χ3v) is 5.38. The second kappa shape index (κ2) is 5.41. The highest BCUT2D eigenvalue weighted by atomic mass is 32.1. The number of aryl methyl sites for hydroxylation is 2. The molecule has 106 valence electrons. The van der Waals surface area contributed by atoms with Crippen molar-refractivity contribution in [1.82, 2.24) is 4.37 Å². The first-order valence-electron chi connectivity index (χ1n) is 6.37. The first kappa shape index (κ1) is 13.4. The van der Waals surface area contributed by atoms with Crippen LogP contribution in [0.2, 0.25) is 0 Å². The standard InChI is InChI=1S/C13H15N3O2S2/c1-18-13(17)10-11(14)16-20-12(10)15-6-8-5-7-3-2-4-9(7)19-8/h5,15H,2-4,6H2,1H3,(H2,14,16). The maximum Gasteiger partial charge on any atom is 0.344 e. The summed E-state index contributed by atoms with van der Waals surface area (Å²) >= 11 is 3.03. The second-order valence-electron chi connectivity index (χ2n) is 4.63. The molecule has 3 rings (SSSR count). The van der Waals surface area contributed by atoms with Crippen LogP contribution in [0.25, 0.3) is 0 Å². The summed E-state index contributed by atoms with van der Waals surface area (Å²) < 4.78 is 8.74. The number of anilines is 2. The van der Waals surface area contributed by atoms with Crippen molar-refractivity contribution in [3.05, 3.63) is 26.9 Å². The van der Waals surface area contributed by atoms with E-state index in [0.717, 1.165) is 0 Å². The Morgan fingerprint density at radius 2 is 2.40 bits per heavy atom. The van der Waals surface area contributed by atoms with Gasteiger partial charge in [-0.25, -0.2) is 4.79 Å². The van der Waals surface area contributed by atoms with E-state index < -0.39 is 5.97 Å². The number of fused-ring (bicyclic) bond motifs is 1. The van der Waals surface area contributed by atoms with Gasteiger partial charge in [0.1, 0.15) is 10.6 Å². The van der Waals surface area contributed by atoms with E-state index in [-0.39, 0.29) is 5.82 Å². The monoisotopic (exact) mass is 309 g/mol. The molecule has 20 heavy (non-hydrogen) atoms. The van der Waals surface area contributed by atoms with Crippen molar-refractivity contribution in [1.29, 1.82) is 0 Å². The number of carbonyl (C=O) groups is 1. The molecule has 3 N–H and O–H groups in total. The van der Waals surface area contributed by atoms with Gasteiger partial charge < -0.3 is 15.8 Å². The van der Waals surface area contributed by atoms with Gasteiger partial charge in [0, 0.05) is 9.75 Å². The smallest absolute Gasteiger partial charge is 0.344 e. The van der Waals surface area contributed by atoms with E-state index in [1.807, 2.05) is 11.3 Å². The first-order chi connectivity index (χ1) is 9.69. The van der Waals surface area contributed by atoms with Crippen LogP contribution >= 0.6 is 22.9 Å². The minimum absolute atomic E-state index is 0.220. The van der Waals surface area contributed by atoms with Crippen molar-refractivity contribution in [2.45, 2.75) is 25.8 Å². The van der Waals surface area contributed by atoms with Crippen LogP contribution in [0.4, 0.5) is 10.8 Å². The molecule has 0 unspecified atom stereocenters. The molecule has 0 bridgehead atoms. The third kappa shape index (κ3) is 2.38. The van der Waals surface area contributed by atoms with Crippen LogP contribution in [0.5, 0.6) is 0 Å². The number of nitrogens with one attached hydrogen (secondary N) is 1. The van der Waals surface area contributed by atoms with Gasteiger partial charge in [-0.15, -0.1) is 11.3 Å². The van der Waals surface area contributed by atoms with E-state index in [0.29, 0.717) is 17.1 Å². The Balaban J connectivity index is 1.73. The molecule has 2 heterocycles. The minimum Gasteiger partial charge on any atom is -0.465 e. The van der Waals surface area contributed by atoms with E-state index >= 15 is 0 Å². The number of carbonyl (C=O) groups excluding carboxylic acids is 1. The molecule has 0 spiro atoms. The largest absolute Gasteiger partial charge is 0.465 e. The summed E-state index contributed by atoms with van der Waals surface area (Å²) in [7, 11) is 1.34. The lowest BCUT2D eigenvalue weighted by atomic mass is 10.2. The van der Waals surface area contributed by atoms with Crippen molar-refractivity contribution in [3.8, 4) is 0 Å². The zero-order valence-electron chi connectivity index (χ0n) is 11.1. The van der Waals surface area contributed by atoms with Crippen molar-refractivity contribution in [3.63, 3.8) is 0 Å². The number of methoxy groups -OCH3 is 1. The van der Waals surface area contributed by atoms with E-state index in [4.69, 9.17) is 10.5 Å². The van der Waals surface area contributed by atoms with Gasteiger partial charge in [-0.3, -0.25) is 0 Å². The number of thiophene rings is 1. The molecule has 5 nitrogen and oxygen atoms in total. The molecule has 0 saturated heterocycles. The summed E-state index contributed by atoms with van der Waals surface area (Å²) in [6.07, 6.45) is 3.65. The van der Waals surface area contributed by atoms with Gasteiger partial charge in [0.15, 0.2) is 5.82 Å². The summed E-state index contributed by atoms with van der Waals surface area (Å²) in [5.74, 6) is -0.231. The zero-order chi connectivity index (χ0) is 14.1. The number of aromatic nitrogens is 1. The number of hydrogen-bond acceptors (Lipinski definition) is 7. The summed E-state index contributed by atoms with van der Waals surface area (Å²) in [5.41, 5.74) is 7.52. The molecule has 2 aromatic heterocycles. The average Bonchev–Trinajstić information content (AvgIpc) is 3.09. The van der Waals surface area contributed by atoms with Crippen LogP contribution in [-0.4, -0.2) is 17.5 Å². The Labute approximate surface area is 124 Å². The first-order valence-corrected chi connectivity index (χ1v) is 7.96. The molecular weight excluding hydrogens is 294 g/mol. The summed E-state index contributed by atoms with van der Waals surface area (Å²) in [6.45, 7) is 0.684. The number of nitrogen functional groups attached to an aromatic ring is 1. The van der Waals surface area contributed by atoms with Crippen LogP contribution in [0.15, 0.2) is 6.07 Å². The Morgan fingerprint density at radius 1 is 1.55 bits per heavy atom. The number of ether oxygens (including phenoxy) is 1. The lowest BCUT2D eigenvalue weighted by Gasteiger charge is -2.04. The number of hydrogen-bond donors (Lipinski definition) is 2. The van der Waals surface area contributed by atoms with E-state index in [1.54, 1.807) is 0 Å². The maximum absolute atomic E-state index is 11.7. The summed E-state index contributed by atoms with van der Waals surface area (Å²) in [5, 5.41) is 3.91. The van der Waals surface area contributed by atoms with Crippen molar-refractivity contribution < 1.29 is 9.53 Å². The molecule has 0 radical (unpaired) electrons. The van der Waals surface area contributed by atoms with Crippen LogP contribution < -0.4 is 11.1 Å². The van der Waals surface area contributed by atoms with Gasteiger partial charge >= 0.3 is 5.97 Å². The van der Waals surface area contributed by atoms with Gasteiger partial charge in [-0.05, 0) is 42.4 Å². The second-order valence-corrected chi connectivity index (χ2v) is 6.63. The summed E-state index contributed by atoms with van der Waals surface area (Å²) in [4.78, 5) is 14.4. The fraction of sp³-hybridized carbons (Fsp3) is 0.385. The lowest BCUT2D eigenvalue weighted by molar-refractivity contribution is 0.0603. The highest BCUT2D eigenvalue weighted by Crippen LogP contribution is 2.32. The molecule has 0 amide bonds. The SMILES string of the molecule is COC(=O)c1c(N)nsc1NCc1cc2c(s1)CCC2. The van der Waals surface area contributed by atoms with Crippen molar-refractivity contribution in [2.24, 2.45) is 0 Å². The molecule has 0 fully saturated rings. The quantitative estimate of drug-likeness (QED) is 0.849. The van der Waals surface area contributed by atoms with Crippen LogP contribution in [0.1, 0.15) is 32.1 Å². The molecule has 2 aromatic rings. The Bertz CT molecular complexity index is 627. The lowest BCUT2D eigenvalue weighted by Crippen LogP contribution is -2.07. The van der Waals surface area contributed by atoms with E-state index in [2.05, 4.69) is 15.8 Å². The fourth-order valence-electron chi connectivity index (χ4n) is 2.37. The molecule has 0 aliphatic heterocycles. The van der Waals surface area contributed by atoms with Gasteiger partial charge in [-0.1, -0.05) is 0 Å². The normalized spacial score (nSPS) is 13.2. The summed E-state index contributed by atoms with van der Waals surface area (Å²) in [6, 6.07) is 2.25. The van der Waals surface area contributed by atoms with Gasteiger partial charge in [-0.2, -0.15) is 4.37 Å². The maximum atomic E-state index is 11.7. The van der Waals surface area contributed by atoms with Gasteiger partial charge in [0.25, 0.3) is 0 Å². The number of nitrogens with two attached hydrogens (primary N) is 1. The number of rotatable bonds is 4. The fourth-order valence-corrected chi connectivity index (χ4v) is 4.26. The molecule has 1 aliphatic carbocycles. The molecule has 0 atom stereocenters. The molecular formula is C13H15N3O2S2. The third-order valence-electron chi connectivity index (χ3n) is 3.33.